The number of nitrogens with two attached hydrogens (primary N) is 1. The molecule has 0 amide bonds. The van der Waals surface area contributed by atoms with Crippen LogP contribution in [0.4, 0.5) is 17.6 Å². The van der Waals surface area contributed by atoms with Gasteiger partial charge in [0.2, 0.25) is 9.84 Å². The molecule has 0 radical (unpaired) electrons. The smallest absolute Gasteiger partial charge is 0.325 e. The summed E-state index contributed by atoms with van der Waals surface area (Å²) < 4.78 is 72.4. The molecule has 0 saturated heterocycles. The van der Waals surface area contributed by atoms with Crippen LogP contribution in [0.15, 0.2) is 29.2 Å². The van der Waals surface area contributed by atoms with Crippen LogP contribution in [0.2, 0.25) is 0 Å². The Labute approximate surface area is 95.2 Å². The highest BCUT2D eigenvalue weighted by Gasteiger charge is 2.31. The maximum atomic E-state index is 13.0. The van der Waals surface area contributed by atoms with E-state index in [1.54, 1.807) is 0 Å². The molecule has 3 nitrogen and oxygen atoms in total. The van der Waals surface area contributed by atoms with Crippen molar-refractivity contribution in [2.24, 2.45) is 5.73 Å². The molecule has 0 saturated carbocycles. The largest absolute Gasteiger partial charge is 0.341 e. The molecule has 1 rings (SSSR count). The van der Waals surface area contributed by atoms with E-state index in [2.05, 4.69) is 0 Å². The summed E-state index contributed by atoms with van der Waals surface area (Å²) in [7, 11) is -4.76. The Balaban J connectivity index is 3.14. The number of hydrogen-bond acceptors (Lipinski definition) is 3. The van der Waals surface area contributed by atoms with Gasteiger partial charge in [-0.3, -0.25) is 0 Å². The summed E-state index contributed by atoms with van der Waals surface area (Å²) in [6.07, 6.45) is 0. The van der Waals surface area contributed by atoms with Gasteiger partial charge in [-0.2, -0.15) is 17.6 Å². The molecule has 0 aromatic heterocycles. The van der Waals surface area contributed by atoms with Crippen LogP contribution in [0.3, 0.4) is 0 Å². The second-order valence-electron chi connectivity index (χ2n) is 3.24. The molecule has 0 fully saturated rings. The van der Waals surface area contributed by atoms with Crippen LogP contribution < -0.4 is 5.73 Å². The van der Waals surface area contributed by atoms with Gasteiger partial charge in [-0.1, -0.05) is 12.1 Å². The monoisotopic (exact) mass is 271 g/mol. The lowest BCUT2D eigenvalue weighted by Gasteiger charge is -2.14. The standard InChI is InChI=1S/C9H9F4NO2S/c10-8(11)17(15,16)7-3-1-6(2-4-7)9(12,13)5-14/h1-4,8H,5,14H2. The third-order valence-electron chi connectivity index (χ3n) is 2.10. The Bertz CT molecular complexity index is 484. The van der Waals surface area contributed by atoms with Crippen LogP contribution in [0.25, 0.3) is 0 Å². The summed E-state index contributed by atoms with van der Waals surface area (Å²) >= 11 is 0. The van der Waals surface area contributed by atoms with Crippen molar-refractivity contribution in [3.05, 3.63) is 29.8 Å². The van der Waals surface area contributed by atoms with Gasteiger partial charge < -0.3 is 5.73 Å². The van der Waals surface area contributed by atoms with E-state index in [9.17, 15) is 26.0 Å². The minimum atomic E-state index is -4.76. The molecule has 0 aliphatic rings. The van der Waals surface area contributed by atoms with Crippen LogP contribution in [-0.2, 0) is 15.8 Å². The summed E-state index contributed by atoms with van der Waals surface area (Å²) in [5, 5.41) is 0. The van der Waals surface area contributed by atoms with Gasteiger partial charge in [0.05, 0.1) is 11.4 Å². The molecule has 17 heavy (non-hydrogen) atoms. The van der Waals surface area contributed by atoms with Crippen molar-refractivity contribution in [2.75, 3.05) is 6.54 Å². The van der Waals surface area contributed by atoms with Crippen LogP contribution in [-0.4, -0.2) is 20.7 Å². The average Bonchev–Trinajstić information content (AvgIpc) is 2.29. The highest BCUT2D eigenvalue weighted by Crippen LogP contribution is 2.28. The van der Waals surface area contributed by atoms with Gasteiger partial charge in [-0.25, -0.2) is 8.42 Å². The van der Waals surface area contributed by atoms with Crippen LogP contribution in [0.5, 0.6) is 0 Å². The van der Waals surface area contributed by atoms with E-state index in [4.69, 9.17) is 5.73 Å². The van der Waals surface area contributed by atoms with Gasteiger partial charge in [-0.15, -0.1) is 0 Å². The molecule has 0 spiro atoms. The minimum Gasteiger partial charge on any atom is -0.325 e. The van der Waals surface area contributed by atoms with E-state index in [0.29, 0.717) is 12.1 Å². The summed E-state index contributed by atoms with van der Waals surface area (Å²) in [5.41, 5.74) is 4.30. The van der Waals surface area contributed by atoms with Crippen molar-refractivity contribution in [3.63, 3.8) is 0 Å². The Morgan fingerprint density at radius 1 is 1.18 bits per heavy atom. The predicted octanol–water partition coefficient (Wildman–Crippen LogP) is 1.73. The summed E-state index contributed by atoms with van der Waals surface area (Å²) in [6.45, 7) is -0.950. The van der Waals surface area contributed by atoms with Crippen molar-refractivity contribution >= 4 is 9.84 Å². The number of halogens is 4. The Morgan fingerprint density at radius 2 is 1.65 bits per heavy atom. The van der Waals surface area contributed by atoms with Gasteiger partial charge >= 0.3 is 5.76 Å². The zero-order valence-corrected chi connectivity index (χ0v) is 9.22. The van der Waals surface area contributed by atoms with Crippen molar-refractivity contribution < 1.29 is 26.0 Å². The predicted molar refractivity (Wildman–Crippen MR) is 52.6 cm³/mol. The summed E-state index contributed by atoms with van der Waals surface area (Å²) in [4.78, 5) is -0.705. The Morgan fingerprint density at radius 3 is 2.00 bits per heavy atom. The quantitative estimate of drug-likeness (QED) is 0.848. The highest BCUT2D eigenvalue weighted by atomic mass is 32.2. The maximum absolute atomic E-state index is 13.0. The zero-order chi connectivity index (χ0) is 13.3. The molecule has 0 heterocycles. The van der Waals surface area contributed by atoms with Crippen LogP contribution >= 0.6 is 0 Å². The lowest BCUT2D eigenvalue weighted by molar-refractivity contribution is 0.00589. The van der Waals surface area contributed by atoms with E-state index in [1.165, 1.54) is 0 Å². The molecule has 0 aliphatic heterocycles. The van der Waals surface area contributed by atoms with E-state index in [1.807, 2.05) is 0 Å². The number of alkyl halides is 4. The molecule has 96 valence electrons. The maximum Gasteiger partial charge on any atom is 0.341 e. The molecule has 8 heteroatoms. The van der Waals surface area contributed by atoms with Gasteiger partial charge in [0.15, 0.2) is 0 Å². The lowest BCUT2D eigenvalue weighted by atomic mass is 10.1. The second-order valence-corrected chi connectivity index (χ2v) is 5.16. The zero-order valence-electron chi connectivity index (χ0n) is 8.41. The Kier molecular flexibility index (Phi) is 3.78. The van der Waals surface area contributed by atoms with E-state index >= 15 is 0 Å². The lowest BCUT2D eigenvalue weighted by Crippen LogP contribution is -2.25. The van der Waals surface area contributed by atoms with Crippen molar-refractivity contribution in [1.29, 1.82) is 0 Å². The van der Waals surface area contributed by atoms with E-state index in [-0.39, 0.29) is 0 Å². The van der Waals surface area contributed by atoms with Crippen molar-refractivity contribution in [3.8, 4) is 0 Å². The summed E-state index contributed by atoms with van der Waals surface area (Å²) in [5.74, 6) is -6.89. The third-order valence-corrected chi connectivity index (χ3v) is 3.49. The molecular weight excluding hydrogens is 262 g/mol. The minimum absolute atomic E-state index is 0.520. The molecular formula is C9H9F4NO2S. The van der Waals surface area contributed by atoms with Gasteiger partial charge in [0.25, 0.3) is 5.92 Å². The average molecular weight is 271 g/mol. The fourth-order valence-corrected chi connectivity index (χ4v) is 1.83. The molecule has 0 unspecified atom stereocenters. The molecule has 1 aromatic carbocycles. The first kappa shape index (κ1) is 13.9. The molecule has 0 bridgehead atoms. The fraction of sp³-hybridized carbons (Fsp3) is 0.333. The number of hydrogen-bond donors (Lipinski definition) is 1. The van der Waals surface area contributed by atoms with E-state index < -0.39 is 38.5 Å². The number of benzene rings is 1. The van der Waals surface area contributed by atoms with E-state index in [0.717, 1.165) is 12.1 Å². The SMILES string of the molecule is NCC(F)(F)c1ccc(S(=O)(=O)C(F)F)cc1. The first-order valence-corrected chi connectivity index (χ1v) is 5.97. The highest BCUT2D eigenvalue weighted by molar-refractivity contribution is 7.91. The molecule has 1 aromatic rings. The van der Waals surface area contributed by atoms with Crippen molar-refractivity contribution in [1.82, 2.24) is 0 Å². The topological polar surface area (TPSA) is 60.2 Å². The Hall–Kier alpha value is -1.15. The van der Waals surface area contributed by atoms with Crippen LogP contribution in [0.1, 0.15) is 5.56 Å². The normalized spacial score (nSPS) is 13.1. The van der Waals surface area contributed by atoms with Gasteiger partial charge in [0, 0.05) is 5.56 Å². The van der Waals surface area contributed by atoms with Crippen LogP contribution in [0, 0.1) is 0 Å². The van der Waals surface area contributed by atoms with Crippen molar-refractivity contribution in [2.45, 2.75) is 16.6 Å². The second kappa shape index (κ2) is 4.61. The molecule has 0 aliphatic carbocycles. The van der Waals surface area contributed by atoms with Gasteiger partial charge in [0.1, 0.15) is 0 Å². The summed E-state index contributed by atoms with van der Waals surface area (Å²) in [6, 6.07) is 2.95. The number of rotatable bonds is 4. The molecule has 2 N–H and O–H groups in total. The third kappa shape index (κ3) is 2.75. The molecule has 0 atom stereocenters. The number of sulfone groups is 1. The first-order valence-electron chi connectivity index (χ1n) is 4.42. The fourth-order valence-electron chi connectivity index (χ4n) is 1.11. The van der Waals surface area contributed by atoms with Gasteiger partial charge in [-0.05, 0) is 12.1 Å². The first-order chi connectivity index (χ1) is 7.71.